The van der Waals surface area contributed by atoms with Gasteiger partial charge in [0, 0.05) is 39.0 Å². The second-order valence-corrected chi connectivity index (χ2v) is 7.10. The van der Waals surface area contributed by atoms with Crippen LogP contribution < -0.4 is 21.0 Å². The SMILES string of the molecule is CCOc1ccc([Si](OC)(OC)OCCNCCN)cc1. The first-order valence-electron chi connectivity index (χ1n) is 7.10. The fourth-order valence-electron chi connectivity index (χ4n) is 1.93. The maximum Gasteiger partial charge on any atom is 0.536 e. The Morgan fingerprint density at radius 2 is 1.76 bits per heavy atom. The molecule has 1 rings (SSSR count). The van der Waals surface area contributed by atoms with Crippen LogP contribution in [0.25, 0.3) is 0 Å². The number of hydrogen-bond acceptors (Lipinski definition) is 6. The van der Waals surface area contributed by atoms with Gasteiger partial charge in [-0.1, -0.05) is 12.1 Å². The van der Waals surface area contributed by atoms with E-state index in [0.29, 0.717) is 26.3 Å². The van der Waals surface area contributed by atoms with Gasteiger partial charge in [0.1, 0.15) is 5.75 Å². The van der Waals surface area contributed by atoms with Gasteiger partial charge < -0.3 is 29.1 Å². The van der Waals surface area contributed by atoms with Crippen LogP contribution in [0.3, 0.4) is 0 Å². The molecule has 0 saturated carbocycles. The summed E-state index contributed by atoms with van der Waals surface area (Å²) in [5, 5.41) is 4.09. The Balaban J connectivity index is 2.69. The average Bonchev–Trinajstić information content (AvgIpc) is 2.53. The van der Waals surface area contributed by atoms with Crippen LogP contribution in [0.5, 0.6) is 5.75 Å². The molecule has 3 N–H and O–H groups in total. The van der Waals surface area contributed by atoms with E-state index in [1.807, 2.05) is 31.2 Å². The van der Waals surface area contributed by atoms with E-state index < -0.39 is 8.80 Å². The predicted molar refractivity (Wildman–Crippen MR) is 84.9 cm³/mol. The Kier molecular flexibility index (Phi) is 8.51. The van der Waals surface area contributed by atoms with Crippen molar-refractivity contribution in [2.45, 2.75) is 6.92 Å². The molecule has 0 atom stereocenters. The minimum Gasteiger partial charge on any atom is -0.494 e. The van der Waals surface area contributed by atoms with Crippen LogP contribution in [-0.4, -0.2) is 55.9 Å². The molecule has 6 nitrogen and oxygen atoms in total. The maximum atomic E-state index is 5.91. The molecular weight excluding hydrogens is 288 g/mol. The van der Waals surface area contributed by atoms with Crippen molar-refractivity contribution < 1.29 is 18.0 Å². The number of ether oxygens (including phenoxy) is 1. The maximum absolute atomic E-state index is 5.91. The molecule has 0 fully saturated rings. The first-order valence-corrected chi connectivity index (χ1v) is 8.83. The van der Waals surface area contributed by atoms with Gasteiger partial charge in [-0.3, -0.25) is 0 Å². The van der Waals surface area contributed by atoms with E-state index in [2.05, 4.69) is 5.32 Å². The molecule has 0 spiro atoms. The molecule has 120 valence electrons. The van der Waals surface area contributed by atoms with Crippen molar-refractivity contribution in [2.75, 3.05) is 47.1 Å². The highest BCUT2D eigenvalue weighted by Gasteiger charge is 2.41. The Morgan fingerprint density at radius 1 is 1.10 bits per heavy atom. The van der Waals surface area contributed by atoms with Crippen LogP contribution in [-0.2, 0) is 13.3 Å². The second-order valence-electron chi connectivity index (χ2n) is 4.31. The summed E-state index contributed by atoms with van der Waals surface area (Å²) in [5.74, 6) is 0.820. The highest BCUT2D eigenvalue weighted by Crippen LogP contribution is 2.13. The number of nitrogens with one attached hydrogen (secondary N) is 1. The molecule has 1 aromatic carbocycles. The van der Waals surface area contributed by atoms with Gasteiger partial charge in [0.05, 0.1) is 13.2 Å². The Labute approximate surface area is 127 Å². The molecule has 0 radical (unpaired) electrons. The van der Waals surface area contributed by atoms with Crippen molar-refractivity contribution in [3.8, 4) is 5.75 Å². The summed E-state index contributed by atoms with van der Waals surface area (Å²) in [6.07, 6.45) is 0. The summed E-state index contributed by atoms with van der Waals surface area (Å²) in [6, 6.07) is 7.65. The fraction of sp³-hybridized carbons (Fsp3) is 0.571. The summed E-state index contributed by atoms with van der Waals surface area (Å²) in [4.78, 5) is 0. The van der Waals surface area contributed by atoms with Crippen LogP contribution in [0.15, 0.2) is 24.3 Å². The Hall–Kier alpha value is -0.963. The van der Waals surface area contributed by atoms with E-state index in [1.165, 1.54) is 0 Å². The van der Waals surface area contributed by atoms with Crippen LogP contribution in [0.4, 0.5) is 0 Å². The zero-order valence-corrected chi connectivity index (χ0v) is 14.1. The third kappa shape index (κ3) is 5.38. The zero-order chi connectivity index (χ0) is 15.6. The topological polar surface area (TPSA) is 75.0 Å². The van der Waals surface area contributed by atoms with Gasteiger partial charge in [-0.25, -0.2) is 0 Å². The lowest BCUT2D eigenvalue weighted by molar-refractivity contribution is 0.114. The quantitative estimate of drug-likeness (QED) is 0.445. The lowest BCUT2D eigenvalue weighted by Crippen LogP contribution is -2.56. The molecule has 21 heavy (non-hydrogen) atoms. The zero-order valence-electron chi connectivity index (χ0n) is 13.1. The highest BCUT2D eigenvalue weighted by molar-refractivity contribution is 6.75. The standard InChI is InChI=1S/C14H26N2O4Si/c1-4-19-13-5-7-14(8-6-13)21(17-2,18-3)20-12-11-16-10-9-15/h5-8,16H,4,9-12,15H2,1-3H3. The average molecular weight is 314 g/mol. The summed E-state index contributed by atoms with van der Waals surface area (Å²) in [7, 11) is 0.369. The van der Waals surface area contributed by atoms with Gasteiger partial charge in [0.2, 0.25) is 0 Å². The van der Waals surface area contributed by atoms with E-state index in [1.54, 1.807) is 14.2 Å². The van der Waals surface area contributed by atoms with Gasteiger partial charge in [0.15, 0.2) is 0 Å². The molecule has 0 aliphatic carbocycles. The normalized spacial score (nSPS) is 11.6. The van der Waals surface area contributed by atoms with Crippen molar-refractivity contribution in [2.24, 2.45) is 5.73 Å². The summed E-state index contributed by atoms with van der Waals surface area (Å²) >= 11 is 0. The molecule has 0 aliphatic heterocycles. The third-order valence-electron chi connectivity index (χ3n) is 2.95. The Bertz CT molecular complexity index is 385. The van der Waals surface area contributed by atoms with Gasteiger partial charge in [-0.05, 0) is 19.1 Å². The van der Waals surface area contributed by atoms with Crippen molar-refractivity contribution in [1.29, 1.82) is 0 Å². The molecule has 0 saturated heterocycles. The molecule has 0 amide bonds. The van der Waals surface area contributed by atoms with Crippen molar-refractivity contribution in [1.82, 2.24) is 5.32 Å². The van der Waals surface area contributed by atoms with Gasteiger partial charge in [0.25, 0.3) is 0 Å². The van der Waals surface area contributed by atoms with E-state index >= 15 is 0 Å². The summed E-state index contributed by atoms with van der Waals surface area (Å²) in [5.41, 5.74) is 5.42. The largest absolute Gasteiger partial charge is 0.536 e. The van der Waals surface area contributed by atoms with Crippen molar-refractivity contribution in [3.05, 3.63) is 24.3 Å². The van der Waals surface area contributed by atoms with E-state index in [4.69, 9.17) is 23.7 Å². The van der Waals surface area contributed by atoms with Gasteiger partial charge in [-0.15, -0.1) is 0 Å². The summed E-state index contributed by atoms with van der Waals surface area (Å²) in [6.45, 7) is 5.17. The molecule has 0 aromatic heterocycles. The molecule has 7 heteroatoms. The number of benzene rings is 1. The van der Waals surface area contributed by atoms with Crippen LogP contribution >= 0.6 is 0 Å². The van der Waals surface area contributed by atoms with Crippen molar-refractivity contribution >= 4 is 14.0 Å². The van der Waals surface area contributed by atoms with Crippen LogP contribution in [0.2, 0.25) is 0 Å². The number of nitrogens with two attached hydrogens (primary N) is 1. The molecule has 0 aliphatic rings. The predicted octanol–water partition coefficient (Wildman–Crippen LogP) is 0.0889. The van der Waals surface area contributed by atoms with E-state index in [0.717, 1.165) is 17.5 Å². The first kappa shape index (κ1) is 18.1. The summed E-state index contributed by atoms with van der Waals surface area (Å²) < 4.78 is 22.5. The van der Waals surface area contributed by atoms with Gasteiger partial charge >= 0.3 is 8.80 Å². The Morgan fingerprint density at radius 3 is 2.29 bits per heavy atom. The fourth-order valence-corrected chi connectivity index (χ4v) is 3.91. The van der Waals surface area contributed by atoms with E-state index in [9.17, 15) is 0 Å². The molecule has 0 heterocycles. The minimum atomic E-state index is -2.85. The van der Waals surface area contributed by atoms with Crippen molar-refractivity contribution in [3.63, 3.8) is 0 Å². The van der Waals surface area contributed by atoms with Crippen LogP contribution in [0, 0.1) is 0 Å². The van der Waals surface area contributed by atoms with E-state index in [-0.39, 0.29) is 0 Å². The number of rotatable bonds is 11. The smallest absolute Gasteiger partial charge is 0.494 e. The number of hydrogen-bond donors (Lipinski definition) is 2. The molecule has 1 aromatic rings. The second kappa shape index (κ2) is 9.88. The minimum absolute atomic E-state index is 0.501. The molecule has 0 bridgehead atoms. The molecular formula is C14H26N2O4Si. The lowest BCUT2D eigenvalue weighted by Gasteiger charge is -2.26. The van der Waals surface area contributed by atoms with Gasteiger partial charge in [-0.2, -0.15) is 0 Å². The monoisotopic (exact) mass is 314 g/mol. The third-order valence-corrected chi connectivity index (χ3v) is 5.65. The van der Waals surface area contributed by atoms with Crippen LogP contribution in [0.1, 0.15) is 6.92 Å². The first-order chi connectivity index (χ1) is 10.2. The highest BCUT2D eigenvalue weighted by atomic mass is 28.4. The molecule has 0 unspecified atom stereocenters. The lowest BCUT2D eigenvalue weighted by atomic mass is 10.3.